The molecule has 10 heavy (non-hydrogen) atoms. The maximum absolute atomic E-state index is 5.20. The SMILES string of the molecule is NC[B]NCCN[B]CN. The third-order valence-electron chi connectivity index (χ3n) is 0.938. The van der Waals surface area contributed by atoms with Crippen LogP contribution >= 0.6 is 0 Å². The molecule has 6 N–H and O–H groups in total. The molecule has 0 spiro atoms. The van der Waals surface area contributed by atoms with Crippen molar-refractivity contribution < 1.29 is 0 Å². The lowest BCUT2D eigenvalue weighted by Gasteiger charge is -2.01. The molecule has 0 aliphatic heterocycles. The fourth-order valence-electron chi connectivity index (χ4n) is 0.515. The lowest BCUT2D eigenvalue weighted by Crippen LogP contribution is -2.36. The highest BCUT2D eigenvalue weighted by atomic mass is 14.8. The van der Waals surface area contributed by atoms with Crippen molar-refractivity contribution >= 4 is 14.8 Å². The van der Waals surface area contributed by atoms with Gasteiger partial charge in [-0.25, -0.2) is 0 Å². The predicted molar refractivity (Wildman–Crippen MR) is 45.6 cm³/mol. The number of nitrogens with one attached hydrogen (secondary N) is 2. The van der Waals surface area contributed by atoms with Gasteiger partial charge in [-0.15, -0.1) is 0 Å². The molecular formula is C4H14B2N4. The first-order valence-electron chi connectivity index (χ1n) is 3.42. The van der Waals surface area contributed by atoms with Gasteiger partial charge in [0.1, 0.15) is 0 Å². The van der Waals surface area contributed by atoms with E-state index in [1.54, 1.807) is 0 Å². The van der Waals surface area contributed by atoms with Crippen molar-refractivity contribution in [3.05, 3.63) is 0 Å². The fourth-order valence-corrected chi connectivity index (χ4v) is 0.515. The van der Waals surface area contributed by atoms with E-state index in [9.17, 15) is 0 Å². The molecular weight excluding hydrogens is 126 g/mol. The van der Waals surface area contributed by atoms with Crippen molar-refractivity contribution in [3.8, 4) is 0 Å². The molecule has 0 atom stereocenters. The first-order valence-corrected chi connectivity index (χ1v) is 3.42. The van der Waals surface area contributed by atoms with E-state index < -0.39 is 0 Å². The molecule has 0 aromatic carbocycles. The quantitative estimate of drug-likeness (QED) is 0.228. The van der Waals surface area contributed by atoms with Crippen LogP contribution in [0, 0.1) is 0 Å². The summed E-state index contributed by atoms with van der Waals surface area (Å²) in [4.78, 5) is 0. The highest BCUT2D eigenvalue weighted by Gasteiger charge is 1.87. The molecule has 4 nitrogen and oxygen atoms in total. The largest absolute Gasteiger partial charge is 0.358 e. The average Bonchev–Trinajstić information content (AvgIpc) is 1.97. The molecule has 0 aliphatic rings. The lowest BCUT2D eigenvalue weighted by atomic mass is 9.94. The van der Waals surface area contributed by atoms with Gasteiger partial charge in [0.25, 0.3) is 0 Å². The first-order chi connectivity index (χ1) is 4.91. The van der Waals surface area contributed by atoms with Gasteiger partial charge in [0.2, 0.25) is 14.8 Å². The number of rotatable bonds is 7. The van der Waals surface area contributed by atoms with Gasteiger partial charge in [0.05, 0.1) is 0 Å². The van der Waals surface area contributed by atoms with Crippen molar-refractivity contribution in [2.24, 2.45) is 11.5 Å². The van der Waals surface area contributed by atoms with E-state index in [2.05, 4.69) is 10.5 Å². The molecule has 0 saturated heterocycles. The van der Waals surface area contributed by atoms with E-state index in [1.165, 1.54) is 0 Å². The summed E-state index contributed by atoms with van der Waals surface area (Å²) in [6, 6.07) is 0. The molecule has 0 amide bonds. The molecule has 0 aromatic heterocycles. The second kappa shape index (κ2) is 8.97. The maximum atomic E-state index is 5.20. The molecule has 0 unspecified atom stereocenters. The summed E-state index contributed by atoms with van der Waals surface area (Å²) in [5, 5.41) is 6.04. The molecule has 0 aliphatic carbocycles. The monoisotopic (exact) mass is 140 g/mol. The molecule has 0 saturated carbocycles. The molecule has 0 rings (SSSR count). The Hall–Kier alpha value is -0.0301. The van der Waals surface area contributed by atoms with Crippen LogP contribution in [0.25, 0.3) is 0 Å². The first kappa shape index (κ1) is 9.97. The highest BCUT2D eigenvalue weighted by molar-refractivity contribution is 6.32. The van der Waals surface area contributed by atoms with Crippen LogP contribution in [0.15, 0.2) is 0 Å². The molecule has 0 bridgehead atoms. The molecule has 2 radical (unpaired) electrons. The summed E-state index contributed by atoms with van der Waals surface area (Å²) in [7, 11) is 3.65. The van der Waals surface area contributed by atoms with Crippen LogP contribution in [0.5, 0.6) is 0 Å². The fraction of sp³-hybridized carbons (Fsp3) is 1.00. The van der Waals surface area contributed by atoms with Gasteiger partial charge in [0.15, 0.2) is 0 Å². The van der Waals surface area contributed by atoms with Crippen molar-refractivity contribution in [2.45, 2.75) is 0 Å². The second-order valence-corrected chi connectivity index (χ2v) is 1.79. The Balaban J connectivity index is 2.65. The second-order valence-electron chi connectivity index (χ2n) is 1.79. The van der Waals surface area contributed by atoms with Crippen LogP contribution in [-0.4, -0.2) is 40.8 Å². The Bertz CT molecular complexity index is 55.2. The van der Waals surface area contributed by atoms with Crippen LogP contribution < -0.4 is 21.9 Å². The van der Waals surface area contributed by atoms with Crippen LogP contribution in [-0.2, 0) is 0 Å². The van der Waals surface area contributed by atoms with E-state index in [1.807, 2.05) is 14.8 Å². The molecule has 0 fully saturated rings. The zero-order valence-electron chi connectivity index (χ0n) is 6.14. The molecule has 0 aromatic rings. The van der Waals surface area contributed by atoms with Gasteiger partial charge in [-0.1, -0.05) is 0 Å². The van der Waals surface area contributed by atoms with Crippen LogP contribution in [0.1, 0.15) is 0 Å². The minimum absolute atomic E-state index is 0.570. The van der Waals surface area contributed by atoms with Crippen molar-refractivity contribution in [1.82, 2.24) is 10.5 Å². The minimum atomic E-state index is 0.570. The normalized spacial score (nSPS) is 9.40. The van der Waals surface area contributed by atoms with E-state index in [4.69, 9.17) is 11.5 Å². The predicted octanol–water partition coefficient (Wildman–Crippen LogP) is -2.76. The average molecular weight is 140 g/mol. The van der Waals surface area contributed by atoms with Crippen LogP contribution in [0.3, 0.4) is 0 Å². The van der Waals surface area contributed by atoms with Gasteiger partial charge in [-0.2, -0.15) is 0 Å². The summed E-state index contributed by atoms with van der Waals surface area (Å²) in [5.41, 5.74) is 10.4. The summed E-state index contributed by atoms with van der Waals surface area (Å²) < 4.78 is 0. The lowest BCUT2D eigenvalue weighted by molar-refractivity contribution is 0.838. The summed E-state index contributed by atoms with van der Waals surface area (Å²) in [6.45, 7) is 1.77. The Labute approximate surface area is 63.6 Å². The maximum Gasteiger partial charge on any atom is 0.220 e. The standard InChI is InChI=1S/C4H14B2N4/c7-3-5-9-1-2-10-6-4-8/h9-10H,1-4,7-8H2. The smallest absolute Gasteiger partial charge is 0.220 e. The third kappa shape index (κ3) is 7.97. The summed E-state index contributed by atoms with van der Waals surface area (Å²) in [6.07, 6.45) is 1.14. The Morgan fingerprint density at radius 2 is 1.30 bits per heavy atom. The van der Waals surface area contributed by atoms with Crippen molar-refractivity contribution in [1.29, 1.82) is 0 Å². The van der Waals surface area contributed by atoms with Gasteiger partial charge >= 0.3 is 0 Å². The molecule has 6 heteroatoms. The molecule has 0 heterocycles. The Morgan fingerprint density at radius 3 is 1.60 bits per heavy atom. The van der Waals surface area contributed by atoms with Gasteiger partial charge in [0, 0.05) is 0 Å². The Morgan fingerprint density at radius 1 is 0.900 bits per heavy atom. The van der Waals surface area contributed by atoms with E-state index in [0.717, 1.165) is 13.1 Å². The number of nitrogens with two attached hydrogens (primary N) is 2. The van der Waals surface area contributed by atoms with Crippen LogP contribution in [0.2, 0.25) is 0 Å². The topological polar surface area (TPSA) is 76.1 Å². The van der Waals surface area contributed by atoms with E-state index in [-0.39, 0.29) is 0 Å². The van der Waals surface area contributed by atoms with Crippen molar-refractivity contribution in [2.75, 3.05) is 26.0 Å². The van der Waals surface area contributed by atoms with E-state index >= 15 is 0 Å². The zero-order valence-corrected chi connectivity index (χ0v) is 6.14. The Kier molecular flexibility index (Phi) is 8.94. The van der Waals surface area contributed by atoms with Crippen molar-refractivity contribution in [3.63, 3.8) is 0 Å². The number of hydrogen-bond acceptors (Lipinski definition) is 4. The third-order valence-corrected chi connectivity index (χ3v) is 0.938. The summed E-state index contributed by atoms with van der Waals surface area (Å²) in [5.74, 6) is 0. The van der Waals surface area contributed by atoms with Crippen LogP contribution in [0.4, 0.5) is 0 Å². The van der Waals surface area contributed by atoms with Gasteiger partial charge < -0.3 is 21.9 Å². The van der Waals surface area contributed by atoms with Gasteiger partial charge in [-0.3, -0.25) is 0 Å². The zero-order chi connectivity index (χ0) is 7.66. The summed E-state index contributed by atoms with van der Waals surface area (Å²) >= 11 is 0. The van der Waals surface area contributed by atoms with Gasteiger partial charge in [-0.05, 0) is 26.0 Å². The highest BCUT2D eigenvalue weighted by Crippen LogP contribution is 1.53. The minimum Gasteiger partial charge on any atom is -0.358 e. The number of hydrogen-bond donors (Lipinski definition) is 4. The molecule has 56 valence electrons. The van der Waals surface area contributed by atoms with E-state index in [0.29, 0.717) is 12.9 Å².